The maximum absolute atomic E-state index is 12.6. The Morgan fingerprint density at radius 2 is 1.88 bits per heavy atom. The quantitative estimate of drug-likeness (QED) is 0.536. The van der Waals surface area contributed by atoms with Gasteiger partial charge in [0.05, 0.1) is 0 Å². The average Bonchev–Trinajstić information content (AvgIpc) is 2.53. The van der Waals surface area contributed by atoms with E-state index in [1.807, 2.05) is 13.8 Å². The van der Waals surface area contributed by atoms with Crippen LogP contribution in [0.3, 0.4) is 0 Å². The standard InChI is InChI=1S/C16H22F3NO4S/c1-3-8-20(9-4-2)12-10-13-14(23-11-12)6-5-7-15(13)24-25(21,22)16(17,18)19/h5-7,12H,3-4,8-11H2,1-2H3/t12-/m1/s1. The van der Waals surface area contributed by atoms with Crippen LogP contribution in [0.15, 0.2) is 18.2 Å². The molecule has 0 N–H and O–H groups in total. The van der Waals surface area contributed by atoms with Gasteiger partial charge < -0.3 is 8.92 Å². The van der Waals surface area contributed by atoms with E-state index >= 15 is 0 Å². The zero-order chi connectivity index (χ0) is 18.7. The summed E-state index contributed by atoms with van der Waals surface area (Å²) in [7, 11) is -5.71. The van der Waals surface area contributed by atoms with Crippen LogP contribution in [0.1, 0.15) is 32.3 Å². The minimum absolute atomic E-state index is 0.0364. The van der Waals surface area contributed by atoms with Gasteiger partial charge in [-0.1, -0.05) is 19.9 Å². The lowest BCUT2D eigenvalue weighted by Crippen LogP contribution is -2.44. The van der Waals surface area contributed by atoms with Gasteiger partial charge in [-0.05, 0) is 44.5 Å². The molecule has 1 aromatic rings. The average molecular weight is 381 g/mol. The highest BCUT2D eigenvalue weighted by molar-refractivity contribution is 7.88. The van der Waals surface area contributed by atoms with Crippen LogP contribution in [0.4, 0.5) is 13.2 Å². The van der Waals surface area contributed by atoms with E-state index in [0.29, 0.717) is 24.3 Å². The maximum atomic E-state index is 12.6. The molecule has 0 bridgehead atoms. The fourth-order valence-electron chi connectivity index (χ4n) is 2.89. The van der Waals surface area contributed by atoms with Crippen LogP contribution in [0.5, 0.6) is 11.5 Å². The largest absolute Gasteiger partial charge is 0.534 e. The second-order valence-electron chi connectivity index (χ2n) is 5.92. The number of alkyl halides is 3. The first-order chi connectivity index (χ1) is 11.7. The first-order valence-electron chi connectivity index (χ1n) is 8.19. The molecule has 25 heavy (non-hydrogen) atoms. The van der Waals surface area contributed by atoms with Crippen molar-refractivity contribution in [1.82, 2.24) is 4.90 Å². The maximum Gasteiger partial charge on any atom is 0.534 e. The molecule has 5 nitrogen and oxygen atoms in total. The third-order valence-corrected chi connectivity index (χ3v) is 4.95. The molecule has 0 aromatic heterocycles. The van der Waals surface area contributed by atoms with E-state index in [1.165, 1.54) is 12.1 Å². The molecule has 9 heteroatoms. The Labute approximate surface area is 145 Å². The van der Waals surface area contributed by atoms with Gasteiger partial charge in [-0.3, -0.25) is 4.90 Å². The Morgan fingerprint density at radius 1 is 1.24 bits per heavy atom. The van der Waals surface area contributed by atoms with Crippen LogP contribution in [0, 0.1) is 0 Å². The van der Waals surface area contributed by atoms with Crippen molar-refractivity contribution in [3.05, 3.63) is 23.8 Å². The van der Waals surface area contributed by atoms with E-state index in [2.05, 4.69) is 9.08 Å². The second kappa shape index (κ2) is 7.82. The predicted molar refractivity (Wildman–Crippen MR) is 87.2 cm³/mol. The molecule has 1 atom stereocenters. The lowest BCUT2D eigenvalue weighted by molar-refractivity contribution is -0.0500. The third-order valence-electron chi connectivity index (χ3n) is 3.98. The van der Waals surface area contributed by atoms with Gasteiger partial charge in [0.1, 0.15) is 18.1 Å². The van der Waals surface area contributed by atoms with Crippen molar-refractivity contribution in [2.75, 3.05) is 19.7 Å². The van der Waals surface area contributed by atoms with Gasteiger partial charge >= 0.3 is 15.6 Å². The molecule has 0 radical (unpaired) electrons. The number of ether oxygens (including phenoxy) is 1. The van der Waals surface area contributed by atoms with E-state index < -0.39 is 15.6 Å². The van der Waals surface area contributed by atoms with Gasteiger partial charge in [0.2, 0.25) is 0 Å². The van der Waals surface area contributed by atoms with E-state index in [9.17, 15) is 21.6 Å². The number of nitrogens with zero attached hydrogens (tertiary/aromatic N) is 1. The highest BCUT2D eigenvalue weighted by Crippen LogP contribution is 2.36. The van der Waals surface area contributed by atoms with Gasteiger partial charge in [-0.2, -0.15) is 21.6 Å². The fraction of sp³-hybridized carbons (Fsp3) is 0.625. The van der Waals surface area contributed by atoms with Crippen molar-refractivity contribution in [1.29, 1.82) is 0 Å². The fourth-order valence-corrected chi connectivity index (χ4v) is 3.38. The van der Waals surface area contributed by atoms with Gasteiger partial charge in [0.15, 0.2) is 0 Å². The van der Waals surface area contributed by atoms with Crippen molar-refractivity contribution in [3.63, 3.8) is 0 Å². The van der Waals surface area contributed by atoms with E-state index in [-0.39, 0.29) is 11.8 Å². The van der Waals surface area contributed by atoms with Crippen molar-refractivity contribution in [3.8, 4) is 11.5 Å². The Kier molecular flexibility index (Phi) is 6.21. The van der Waals surface area contributed by atoms with Crippen LogP contribution in [-0.2, 0) is 16.5 Å². The molecular formula is C16H22F3NO4S. The monoisotopic (exact) mass is 381 g/mol. The summed E-state index contributed by atoms with van der Waals surface area (Å²) in [5.41, 5.74) is -5.12. The summed E-state index contributed by atoms with van der Waals surface area (Å²) in [5.74, 6) is 0.0338. The van der Waals surface area contributed by atoms with Crippen molar-refractivity contribution >= 4 is 10.1 Å². The summed E-state index contributed by atoms with van der Waals surface area (Å²) in [6.45, 7) is 6.17. The number of fused-ring (bicyclic) bond motifs is 1. The summed E-state index contributed by atoms with van der Waals surface area (Å²) in [5, 5.41) is 0. The topological polar surface area (TPSA) is 55.8 Å². The SMILES string of the molecule is CCCN(CCC)[C@H]1COc2cccc(OS(=O)(=O)C(F)(F)F)c2C1. The Hall–Kier alpha value is -1.48. The predicted octanol–water partition coefficient (Wildman–Crippen LogP) is 3.34. The smallest absolute Gasteiger partial charge is 0.492 e. The number of benzene rings is 1. The van der Waals surface area contributed by atoms with Crippen molar-refractivity contribution < 1.29 is 30.5 Å². The zero-order valence-electron chi connectivity index (χ0n) is 14.2. The molecule has 0 unspecified atom stereocenters. The Balaban J connectivity index is 2.28. The molecular weight excluding hydrogens is 359 g/mol. The molecule has 2 rings (SSSR count). The molecule has 1 aliphatic heterocycles. The first kappa shape index (κ1) is 19.8. The first-order valence-corrected chi connectivity index (χ1v) is 9.60. The van der Waals surface area contributed by atoms with Crippen LogP contribution in [0.2, 0.25) is 0 Å². The number of hydrogen-bond acceptors (Lipinski definition) is 5. The van der Waals surface area contributed by atoms with Gasteiger partial charge in [0.25, 0.3) is 0 Å². The summed E-state index contributed by atoms with van der Waals surface area (Å²) in [6, 6.07) is 4.20. The number of rotatable bonds is 7. The molecule has 0 saturated carbocycles. The van der Waals surface area contributed by atoms with Crippen LogP contribution < -0.4 is 8.92 Å². The zero-order valence-corrected chi connectivity index (χ0v) is 15.0. The van der Waals surface area contributed by atoms with Crippen LogP contribution in [-0.4, -0.2) is 44.6 Å². The summed E-state index contributed by atoms with van der Waals surface area (Å²) in [6.07, 6.45) is 2.24. The molecule has 1 heterocycles. The van der Waals surface area contributed by atoms with Gasteiger partial charge in [0, 0.05) is 11.6 Å². The molecule has 0 saturated heterocycles. The van der Waals surface area contributed by atoms with E-state index in [1.54, 1.807) is 6.07 Å². The lowest BCUT2D eigenvalue weighted by atomic mass is 10.00. The molecule has 0 aliphatic carbocycles. The molecule has 0 fully saturated rings. The van der Waals surface area contributed by atoms with E-state index in [4.69, 9.17) is 4.74 Å². The van der Waals surface area contributed by atoms with Crippen molar-refractivity contribution in [2.24, 2.45) is 0 Å². The molecule has 0 amide bonds. The second-order valence-corrected chi connectivity index (χ2v) is 7.46. The number of hydrogen-bond donors (Lipinski definition) is 0. The summed E-state index contributed by atoms with van der Waals surface area (Å²) in [4.78, 5) is 2.21. The summed E-state index contributed by atoms with van der Waals surface area (Å²) < 4.78 is 70.5. The van der Waals surface area contributed by atoms with Crippen LogP contribution in [0.25, 0.3) is 0 Å². The minimum Gasteiger partial charge on any atom is -0.492 e. The highest BCUT2D eigenvalue weighted by Gasteiger charge is 2.49. The molecule has 1 aliphatic rings. The number of halogens is 3. The Bertz CT molecular complexity index is 685. The molecule has 0 spiro atoms. The lowest BCUT2D eigenvalue weighted by Gasteiger charge is -2.35. The molecule has 1 aromatic carbocycles. The van der Waals surface area contributed by atoms with E-state index in [0.717, 1.165) is 25.9 Å². The minimum atomic E-state index is -5.71. The summed E-state index contributed by atoms with van der Waals surface area (Å²) >= 11 is 0. The highest BCUT2D eigenvalue weighted by atomic mass is 32.2. The van der Waals surface area contributed by atoms with Crippen LogP contribution >= 0.6 is 0 Å². The van der Waals surface area contributed by atoms with Gasteiger partial charge in [-0.25, -0.2) is 0 Å². The third kappa shape index (κ3) is 4.58. The Morgan fingerprint density at radius 3 is 2.44 bits per heavy atom. The normalized spacial score (nSPS) is 17.9. The van der Waals surface area contributed by atoms with Gasteiger partial charge in [-0.15, -0.1) is 0 Å². The van der Waals surface area contributed by atoms with Crippen molar-refractivity contribution in [2.45, 2.75) is 44.7 Å². The molecule has 142 valence electrons.